The second-order valence-electron chi connectivity index (χ2n) is 2.92. The third kappa shape index (κ3) is 2.07. The van der Waals surface area contributed by atoms with Gasteiger partial charge < -0.3 is 0 Å². The third-order valence-electron chi connectivity index (χ3n) is 2.00. The van der Waals surface area contributed by atoms with E-state index in [2.05, 4.69) is 37.9 Å². The molecule has 0 spiro atoms. The van der Waals surface area contributed by atoms with Gasteiger partial charge in [-0.1, -0.05) is 18.2 Å². The fraction of sp³-hybridized carbons (Fsp3) is 0.333. The van der Waals surface area contributed by atoms with Gasteiger partial charge in [0, 0.05) is 12.8 Å². The molecule has 1 unspecified atom stereocenters. The zero-order chi connectivity index (χ0) is 8.32. The van der Waals surface area contributed by atoms with Gasteiger partial charge in [0.1, 0.15) is 0 Å². The van der Waals surface area contributed by atoms with Crippen LogP contribution >= 0.6 is 7.14 Å². The maximum absolute atomic E-state index is 6.15. The fourth-order valence-electron chi connectivity index (χ4n) is 0.951. The minimum atomic E-state index is -1.28. The van der Waals surface area contributed by atoms with Gasteiger partial charge in [0.25, 0.3) is 0 Å². The Morgan fingerprint density at radius 2 is 1.82 bits per heavy atom. The molecule has 0 aliphatic carbocycles. The average molecular weight is 163 g/mol. The monoisotopic (exact) mass is 163 g/mol. The Morgan fingerprint density at radius 3 is 2.27 bits per heavy atom. The molecule has 1 aromatic carbocycles. The molecule has 0 amide bonds. The van der Waals surface area contributed by atoms with Crippen molar-refractivity contribution in [1.29, 1.82) is 0 Å². The van der Waals surface area contributed by atoms with Gasteiger partial charge >= 0.3 is 7.57 Å². The molecule has 2 radical (unpaired) electrons. The van der Waals surface area contributed by atoms with Crippen molar-refractivity contribution in [3.8, 4) is 0 Å². The minimum absolute atomic E-state index is 1.08. The van der Waals surface area contributed by atoms with Gasteiger partial charge in [0.2, 0.25) is 0 Å². The molecule has 1 atom stereocenters. The first-order valence-electron chi connectivity index (χ1n) is 3.86. The molecule has 0 saturated carbocycles. The van der Waals surface area contributed by atoms with E-state index in [1.54, 1.807) is 0 Å². The van der Waals surface area contributed by atoms with Crippen molar-refractivity contribution in [2.45, 2.75) is 6.92 Å². The molecule has 0 bridgehead atoms. The lowest BCUT2D eigenvalue weighted by Gasteiger charge is -2.15. The molecule has 0 saturated heterocycles. The summed E-state index contributed by atoms with van der Waals surface area (Å²) in [6.45, 7) is 4.32. The summed E-state index contributed by atoms with van der Waals surface area (Å²) in [7, 11) is 4.87. The minimum Gasteiger partial charge on any atom is -0.0620 e. The Balaban J connectivity index is 2.93. The molecule has 0 nitrogen and oxygen atoms in total. The van der Waals surface area contributed by atoms with Crippen LogP contribution in [0.15, 0.2) is 30.3 Å². The topological polar surface area (TPSA) is 0 Å². The SMILES string of the molecule is [B][P+](C)(CC)c1ccccc1. The van der Waals surface area contributed by atoms with E-state index in [0.29, 0.717) is 0 Å². The number of benzene rings is 1. The first kappa shape index (κ1) is 8.81. The van der Waals surface area contributed by atoms with Gasteiger partial charge in [-0.05, 0) is 26.2 Å². The van der Waals surface area contributed by atoms with Gasteiger partial charge in [-0.3, -0.25) is 0 Å². The molecule has 56 valence electrons. The fourth-order valence-corrected chi connectivity index (χ4v) is 2.17. The second kappa shape index (κ2) is 3.41. The van der Waals surface area contributed by atoms with Crippen LogP contribution in [0.2, 0.25) is 0 Å². The Bertz CT molecular complexity index is 218. The Labute approximate surface area is 70.7 Å². The summed E-state index contributed by atoms with van der Waals surface area (Å²) in [5.41, 5.74) is 0. The average Bonchev–Trinajstić information content (AvgIpc) is 2.06. The molecule has 0 aromatic heterocycles. The van der Waals surface area contributed by atoms with Gasteiger partial charge in [-0.25, -0.2) is 0 Å². The van der Waals surface area contributed by atoms with Crippen LogP contribution < -0.4 is 5.30 Å². The first-order chi connectivity index (χ1) is 5.17. The normalized spacial score (nSPS) is 15.8. The number of rotatable bonds is 2. The molecule has 0 aliphatic rings. The van der Waals surface area contributed by atoms with Gasteiger partial charge in [0.05, 0.1) is 5.30 Å². The van der Waals surface area contributed by atoms with Gasteiger partial charge in [0.15, 0.2) is 0 Å². The van der Waals surface area contributed by atoms with Crippen molar-refractivity contribution in [2.24, 2.45) is 0 Å². The lowest BCUT2D eigenvalue weighted by molar-refractivity contribution is 1.49. The molecule has 2 heteroatoms. The van der Waals surface area contributed by atoms with Crippen molar-refractivity contribution in [3.05, 3.63) is 30.3 Å². The molecule has 1 aromatic rings. The van der Waals surface area contributed by atoms with Crippen LogP contribution in [0.1, 0.15) is 6.92 Å². The van der Waals surface area contributed by atoms with Crippen LogP contribution in [0.3, 0.4) is 0 Å². The Hall–Kier alpha value is -0.285. The zero-order valence-corrected chi connectivity index (χ0v) is 8.01. The van der Waals surface area contributed by atoms with Crippen molar-refractivity contribution >= 4 is 20.0 Å². The quantitative estimate of drug-likeness (QED) is 0.462. The van der Waals surface area contributed by atoms with Crippen molar-refractivity contribution in [2.75, 3.05) is 12.8 Å². The molecule has 1 rings (SSSR count). The third-order valence-corrected chi connectivity index (χ3v) is 4.79. The number of hydrogen-bond acceptors (Lipinski definition) is 0. The van der Waals surface area contributed by atoms with Gasteiger partial charge in [-0.15, -0.1) is 0 Å². The van der Waals surface area contributed by atoms with Crippen LogP contribution in [-0.4, -0.2) is 20.4 Å². The predicted octanol–water partition coefficient (Wildman–Crippen LogP) is 2.06. The van der Waals surface area contributed by atoms with Crippen LogP contribution in [0.4, 0.5) is 0 Å². The van der Waals surface area contributed by atoms with E-state index in [1.807, 2.05) is 6.07 Å². The van der Waals surface area contributed by atoms with E-state index in [0.717, 1.165) is 6.16 Å². The highest BCUT2D eigenvalue weighted by Crippen LogP contribution is 2.47. The van der Waals surface area contributed by atoms with E-state index < -0.39 is 7.14 Å². The smallest absolute Gasteiger partial charge is 0.0620 e. The van der Waals surface area contributed by atoms with Crippen LogP contribution in [0.25, 0.3) is 0 Å². The predicted molar refractivity (Wildman–Crippen MR) is 55.2 cm³/mol. The van der Waals surface area contributed by atoms with Gasteiger partial charge in [-0.2, -0.15) is 0 Å². The maximum Gasteiger partial charge on any atom is 0.370 e. The van der Waals surface area contributed by atoms with Crippen LogP contribution in [0, 0.1) is 0 Å². The highest BCUT2D eigenvalue weighted by atomic mass is 31.2. The van der Waals surface area contributed by atoms with Crippen molar-refractivity contribution in [1.82, 2.24) is 0 Å². The van der Waals surface area contributed by atoms with Crippen LogP contribution in [-0.2, 0) is 0 Å². The second-order valence-corrected chi connectivity index (χ2v) is 6.60. The standard InChI is InChI=1S/C9H13BP/c1-3-11(2,10)9-7-5-4-6-8-9/h4-8H,3H2,1-2H3/q+1. The highest BCUT2D eigenvalue weighted by Gasteiger charge is 2.24. The lowest BCUT2D eigenvalue weighted by Crippen LogP contribution is -2.11. The van der Waals surface area contributed by atoms with E-state index in [-0.39, 0.29) is 0 Å². The van der Waals surface area contributed by atoms with E-state index in [4.69, 9.17) is 7.57 Å². The Kier molecular flexibility index (Phi) is 2.73. The summed E-state index contributed by atoms with van der Waals surface area (Å²) in [6.07, 6.45) is 1.08. The molecule has 0 aliphatic heterocycles. The summed E-state index contributed by atoms with van der Waals surface area (Å²) in [4.78, 5) is 0. The molecule has 0 fully saturated rings. The molecule has 0 heterocycles. The summed E-state index contributed by atoms with van der Waals surface area (Å²) in [6, 6.07) is 10.4. The summed E-state index contributed by atoms with van der Waals surface area (Å²) >= 11 is 0. The first-order valence-corrected chi connectivity index (χ1v) is 6.35. The lowest BCUT2D eigenvalue weighted by atomic mass is 10.4. The molecule has 0 N–H and O–H groups in total. The molecule has 11 heavy (non-hydrogen) atoms. The summed E-state index contributed by atoms with van der Waals surface area (Å²) in [5.74, 6) is 0. The number of hydrogen-bond donors (Lipinski definition) is 0. The Morgan fingerprint density at radius 1 is 1.27 bits per heavy atom. The van der Waals surface area contributed by atoms with Crippen LogP contribution in [0.5, 0.6) is 0 Å². The van der Waals surface area contributed by atoms with E-state index in [1.165, 1.54) is 5.30 Å². The maximum atomic E-state index is 6.15. The highest BCUT2D eigenvalue weighted by molar-refractivity contribution is 8.02. The summed E-state index contributed by atoms with van der Waals surface area (Å²) < 4.78 is 0. The van der Waals surface area contributed by atoms with E-state index in [9.17, 15) is 0 Å². The largest absolute Gasteiger partial charge is 0.370 e. The summed E-state index contributed by atoms with van der Waals surface area (Å²) in [5, 5.41) is 1.32. The van der Waals surface area contributed by atoms with E-state index >= 15 is 0 Å². The zero-order valence-electron chi connectivity index (χ0n) is 7.12. The van der Waals surface area contributed by atoms with Crippen molar-refractivity contribution in [3.63, 3.8) is 0 Å². The van der Waals surface area contributed by atoms with Crippen molar-refractivity contribution < 1.29 is 0 Å². The molecular formula is C9H13BP+. The molecular weight excluding hydrogens is 150 g/mol.